The molecule has 0 aliphatic carbocycles. The van der Waals surface area contributed by atoms with Crippen molar-refractivity contribution in [3.05, 3.63) is 75.8 Å². The number of hydrogen-bond donors (Lipinski definition) is 1. The van der Waals surface area contributed by atoms with Crippen molar-refractivity contribution in [2.45, 2.75) is 13.8 Å². The molecule has 0 bridgehead atoms. The topological polar surface area (TPSA) is 80.4 Å². The maximum Gasteiger partial charge on any atom is 0.269 e. The van der Waals surface area contributed by atoms with Crippen LogP contribution in [0.2, 0.25) is 0 Å². The molecular weight excluding hydrogens is 304 g/mol. The van der Waals surface area contributed by atoms with Crippen LogP contribution >= 0.6 is 0 Å². The summed E-state index contributed by atoms with van der Waals surface area (Å²) >= 11 is 0. The molecule has 0 saturated heterocycles. The molecule has 3 rings (SSSR count). The third-order valence-electron chi connectivity index (χ3n) is 3.76. The molecule has 0 aliphatic rings. The van der Waals surface area contributed by atoms with E-state index in [0.29, 0.717) is 5.82 Å². The van der Waals surface area contributed by atoms with Crippen molar-refractivity contribution in [1.29, 1.82) is 0 Å². The van der Waals surface area contributed by atoms with Crippen LogP contribution in [0.15, 0.2) is 59.7 Å². The first-order chi connectivity index (χ1) is 11.5. The first-order valence-electron chi connectivity index (χ1n) is 7.46. The normalized spacial score (nSPS) is 11.5. The summed E-state index contributed by atoms with van der Waals surface area (Å²) in [4.78, 5) is 14.8. The van der Waals surface area contributed by atoms with E-state index in [2.05, 4.69) is 15.5 Å². The molecule has 0 unspecified atom stereocenters. The zero-order valence-corrected chi connectivity index (χ0v) is 13.4. The Balaban J connectivity index is 1.83. The van der Waals surface area contributed by atoms with Gasteiger partial charge in [-0.2, -0.15) is 5.10 Å². The monoisotopic (exact) mass is 320 g/mol. The van der Waals surface area contributed by atoms with Gasteiger partial charge in [0.25, 0.3) is 5.69 Å². The van der Waals surface area contributed by atoms with Crippen LogP contribution in [0.4, 0.5) is 11.5 Å². The van der Waals surface area contributed by atoms with Gasteiger partial charge in [0, 0.05) is 17.5 Å². The van der Waals surface area contributed by atoms with E-state index in [-0.39, 0.29) is 5.69 Å². The fourth-order valence-electron chi connectivity index (χ4n) is 2.44. The van der Waals surface area contributed by atoms with Gasteiger partial charge in [0.1, 0.15) is 5.82 Å². The Morgan fingerprint density at radius 2 is 1.88 bits per heavy atom. The zero-order valence-electron chi connectivity index (χ0n) is 13.4. The molecule has 0 amide bonds. The molecule has 2 aromatic carbocycles. The number of rotatable bonds is 4. The maximum absolute atomic E-state index is 10.7. The van der Waals surface area contributed by atoms with E-state index in [0.717, 1.165) is 27.7 Å². The van der Waals surface area contributed by atoms with Gasteiger partial charge in [-0.05, 0) is 49.2 Å². The molecule has 1 heterocycles. The predicted octanol–water partition coefficient (Wildman–Crippen LogP) is 4.29. The number of non-ortho nitro benzene ring substituents is 1. The number of para-hydroxylation sites is 1. The van der Waals surface area contributed by atoms with Crippen molar-refractivity contribution >= 4 is 28.1 Å². The molecule has 1 aromatic heterocycles. The molecule has 24 heavy (non-hydrogen) atoms. The summed E-state index contributed by atoms with van der Waals surface area (Å²) in [6, 6.07) is 16.2. The Bertz CT molecular complexity index is 933. The van der Waals surface area contributed by atoms with Crippen LogP contribution in [0, 0.1) is 17.0 Å². The predicted molar refractivity (Wildman–Crippen MR) is 95.4 cm³/mol. The van der Waals surface area contributed by atoms with Gasteiger partial charge in [-0.1, -0.05) is 18.2 Å². The van der Waals surface area contributed by atoms with Crippen molar-refractivity contribution in [3.63, 3.8) is 0 Å². The molecule has 3 aromatic rings. The minimum atomic E-state index is -0.420. The largest absolute Gasteiger partial charge is 0.269 e. The van der Waals surface area contributed by atoms with Gasteiger partial charge < -0.3 is 0 Å². The standard InChI is InChI=1S/C18H16N4O2/c1-12-11-18(19-17-6-4-3-5-16(12)17)21-20-13(2)14-7-9-15(10-8-14)22(23)24/h3-11H,1-2H3,(H,19,21)/b20-13-. The van der Waals surface area contributed by atoms with E-state index < -0.39 is 4.92 Å². The van der Waals surface area contributed by atoms with Crippen molar-refractivity contribution in [2.24, 2.45) is 5.10 Å². The SMILES string of the molecule is C/C(=N/Nc1cc(C)c2ccccc2n1)c1ccc([N+](=O)[O-])cc1. The van der Waals surface area contributed by atoms with E-state index in [1.807, 2.05) is 44.2 Å². The molecule has 0 fully saturated rings. The van der Waals surface area contributed by atoms with Crippen molar-refractivity contribution in [2.75, 3.05) is 5.43 Å². The van der Waals surface area contributed by atoms with Crippen molar-refractivity contribution in [1.82, 2.24) is 4.98 Å². The molecule has 0 spiro atoms. The second-order valence-electron chi connectivity index (χ2n) is 5.45. The number of fused-ring (bicyclic) bond motifs is 1. The third kappa shape index (κ3) is 3.22. The van der Waals surface area contributed by atoms with E-state index in [1.54, 1.807) is 12.1 Å². The van der Waals surface area contributed by atoms with Crippen LogP contribution in [0.3, 0.4) is 0 Å². The zero-order chi connectivity index (χ0) is 17.1. The van der Waals surface area contributed by atoms with Crippen LogP contribution in [0.1, 0.15) is 18.1 Å². The average molecular weight is 320 g/mol. The highest BCUT2D eigenvalue weighted by atomic mass is 16.6. The van der Waals surface area contributed by atoms with Crippen LogP contribution < -0.4 is 5.43 Å². The number of aryl methyl sites for hydroxylation is 1. The van der Waals surface area contributed by atoms with Crippen LogP contribution in [0.5, 0.6) is 0 Å². The summed E-state index contributed by atoms with van der Waals surface area (Å²) in [5, 5.41) is 16.1. The Hall–Kier alpha value is -3.28. The van der Waals surface area contributed by atoms with Gasteiger partial charge in [0.2, 0.25) is 0 Å². The summed E-state index contributed by atoms with van der Waals surface area (Å²) in [6.07, 6.45) is 0. The van der Waals surface area contributed by atoms with E-state index in [9.17, 15) is 10.1 Å². The maximum atomic E-state index is 10.7. The molecule has 0 radical (unpaired) electrons. The molecule has 6 heteroatoms. The Kier molecular flexibility index (Phi) is 4.20. The number of nitro benzene ring substituents is 1. The highest BCUT2D eigenvalue weighted by Crippen LogP contribution is 2.20. The number of nitrogens with zero attached hydrogens (tertiary/aromatic N) is 3. The summed E-state index contributed by atoms with van der Waals surface area (Å²) in [7, 11) is 0. The number of hydrazone groups is 1. The minimum Gasteiger partial charge on any atom is -0.261 e. The molecule has 0 aliphatic heterocycles. The number of pyridine rings is 1. The van der Waals surface area contributed by atoms with Crippen LogP contribution in [-0.2, 0) is 0 Å². The van der Waals surface area contributed by atoms with E-state index in [4.69, 9.17) is 0 Å². The molecule has 0 atom stereocenters. The van der Waals surface area contributed by atoms with Gasteiger partial charge in [-0.3, -0.25) is 15.5 Å². The van der Waals surface area contributed by atoms with Crippen LogP contribution in [-0.4, -0.2) is 15.6 Å². The number of benzene rings is 2. The molecular formula is C18H16N4O2. The fraction of sp³-hybridized carbons (Fsp3) is 0.111. The molecule has 120 valence electrons. The lowest BCUT2D eigenvalue weighted by Gasteiger charge is -2.07. The number of aromatic nitrogens is 1. The highest BCUT2D eigenvalue weighted by molar-refractivity contribution is 5.99. The number of hydrogen-bond acceptors (Lipinski definition) is 5. The second-order valence-corrected chi connectivity index (χ2v) is 5.45. The van der Waals surface area contributed by atoms with Gasteiger partial charge >= 0.3 is 0 Å². The summed E-state index contributed by atoms with van der Waals surface area (Å²) in [5.74, 6) is 0.660. The summed E-state index contributed by atoms with van der Waals surface area (Å²) in [5.41, 5.74) is 6.57. The smallest absolute Gasteiger partial charge is 0.261 e. The first-order valence-corrected chi connectivity index (χ1v) is 7.46. The van der Waals surface area contributed by atoms with Gasteiger partial charge in [-0.25, -0.2) is 4.98 Å². The second kappa shape index (κ2) is 6.45. The van der Waals surface area contributed by atoms with Crippen molar-refractivity contribution < 1.29 is 4.92 Å². The molecule has 0 saturated carbocycles. The fourth-order valence-corrected chi connectivity index (χ4v) is 2.44. The average Bonchev–Trinajstić information content (AvgIpc) is 2.60. The van der Waals surface area contributed by atoms with Gasteiger partial charge in [0.05, 0.1) is 16.2 Å². The quantitative estimate of drug-likeness (QED) is 0.442. The number of anilines is 1. The van der Waals surface area contributed by atoms with Gasteiger partial charge in [0.15, 0.2) is 0 Å². The lowest BCUT2D eigenvalue weighted by molar-refractivity contribution is -0.384. The Labute approximate surface area is 139 Å². The molecule has 1 N–H and O–H groups in total. The van der Waals surface area contributed by atoms with Crippen LogP contribution in [0.25, 0.3) is 10.9 Å². The van der Waals surface area contributed by atoms with Crippen molar-refractivity contribution in [3.8, 4) is 0 Å². The summed E-state index contributed by atoms with van der Waals surface area (Å²) < 4.78 is 0. The van der Waals surface area contributed by atoms with E-state index in [1.165, 1.54) is 12.1 Å². The number of nitro groups is 1. The number of nitrogens with one attached hydrogen (secondary N) is 1. The first kappa shape index (κ1) is 15.6. The Morgan fingerprint density at radius 3 is 2.58 bits per heavy atom. The van der Waals surface area contributed by atoms with Gasteiger partial charge in [-0.15, -0.1) is 0 Å². The minimum absolute atomic E-state index is 0.0614. The Morgan fingerprint density at radius 1 is 1.17 bits per heavy atom. The molecule has 6 nitrogen and oxygen atoms in total. The third-order valence-corrected chi connectivity index (χ3v) is 3.76. The van der Waals surface area contributed by atoms with E-state index >= 15 is 0 Å². The summed E-state index contributed by atoms with van der Waals surface area (Å²) in [6.45, 7) is 3.87. The lowest BCUT2D eigenvalue weighted by Crippen LogP contribution is -2.01. The lowest BCUT2D eigenvalue weighted by atomic mass is 10.1. The highest BCUT2D eigenvalue weighted by Gasteiger charge is 2.06.